The van der Waals surface area contributed by atoms with Gasteiger partial charge in [0.15, 0.2) is 16.8 Å². The number of rotatable bonds is 6. The number of carbonyl (C=O) groups is 2. The summed E-state index contributed by atoms with van der Waals surface area (Å²) in [6.07, 6.45) is 4.49. The molecule has 11 heteroatoms. The highest BCUT2D eigenvalue weighted by Crippen LogP contribution is 2.25. The fourth-order valence-electron chi connectivity index (χ4n) is 2.37. The third-order valence-corrected chi connectivity index (χ3v) is 3.92. The Labute approximate surface area is 157 Å². The number of nitrogens with one attached hydrogen (secondary N) is 2. The number of H-pyrrole nitrogens is 1. The van der Waals surface area contributed by atoms with E-state index in [4.69, 9.17) is 17.3 Å². The van der Waals surface area contributed by atoms with Crippen LogP contribution in [0.2, 0.25) is 5.15 Å². The third-order valence-electron chi connectivity index (χ3n) is 3.64. The lowest BCUT2D eigenvalue weighted by Gasteiger charge is -2.05. The van der Waals surface area contributed by atoms with Crippen LogP contribution in [0.15, 0.2) is 30.7 Å². The summed E-state index contributed by atoms with van der Waals surface area (Å²) < 4.78 is 13.4. The van der Waals surface area contributed by atoms with E-state index in [2.05, 4.69) is 30.7 Å². The Hall–Kier alpha value is -3.40. The summed E-state index contributed by atoms with van der Waals surface area (Å²) >= 11 is 5.52. The number of aromatic nitrogens is 5. The first-order chi connectivity index (χ1) is 13.0. The lowest BCUT2D eigenvalue weighted by atomic mass is 10.1. The average Bonchev–Trinajstić information content (AvgIpc) is 3.07. The van der Waals surface area contributed by atoms with E-state index < -0.39 is 17.6 Å². The van der Waals surface area contributed by atoms with Gasteiger partial charge in [0.2, 0.25) is 5.91 Å². The molecule has 3 rings (SSSR count). The number of aryl methyl sites for hydroxylation is 1. The maximum atomic E-state index is 13.4. The average molecular weight is 390 g/mol. The smallest absolute Gasteiger partial charge is 0.254 e. The predicted molar refractivity (Wildman–Crippen MR) is 94.3 cm³/mol. The van der Waals surface area contributed by atoms with E-state index in [1.807, 2.05) is 0 Å². The summed E-state index contributed by atoms with van der Waals surface area (Å²) in [4.78, 5) is 27.7. The Morgan fingerprint density at radius 2 is 2.11 bits per heavy atom. The normalized spacial score (nSPS) is 10.6. The van der Waals surface area contributed by atoms with Crippen LogP contribution in [0.25, 0.3) is 11.3 Å². The van der Waals surface area contributed by atoms with E-state index in [-0.39, 0.29) is 29.4 Å². The van der Waals surface area contributed by atoms with Crippen molar-refractivity contribution in [2.24, 2.45) is 5.73 Å². The summed E-state index contributed by atoms with van der Waals surface area (Å²) in [7, 11) is 0. The molecule has 3 aromatic heterocycles. The van der Waals surface area contributed by atoms with Gasteiger partial charge in [0.25, 0.3) is 5.91 Å². The lowest BCUT2D eigenvalue weighted by Crippen LogP contribution is -2.18. The number of halogens is 2. The number of amides is 2. The SMILES string of the molecule is NC(=O)c1c(NC(=O)CCc2cnc(Cl)c(F)c2)n[nH]c1-c1ccnnc1. The van der Waals surface area contributed by atoms with Crippen molar-refractivity contribution >= 4 is 29.2 Å². The molecule has 0 bridgehead atoms. The zero-order chi connectivity index (χ0) is 19.4. The Morgan fingerprint density at radius 3 is 2.78 bits per heavy atom. The van der Waals surface area contributed by atoms with Crippen molar-refractivity contribution in [2.75, 3.05) is 5.32 Å². The van der Waals surface area contributed by atoms with Crippen molar-refractivity contribution in [3.05, 3.63) is 52.8 Å². The van der Waals surface area contributed by atoms with Crippen LogP contribution in [0.3, 0.4) is 0 Å². The standard InChI is InChI=1S/C16H13ClFN7O2/c17-14-10(18)5-8(6-20-14)1-2-11(26)23-16-12(15(19)27)13(24-25-16)9-3-4-21-22-7-9/h3-7H,1-2H2,(H2,19,27)(H2,23,24,25,26). The van der Waals surface area contributed by atoms with Crippen LogP contribution in [0.4, 0.5) is 10.2 Å². The summed E-state index contributed by atoms with van der Waals surface area (Å²) in [5.41, 5.74) is 6.80. The number of nitrogens with zero attached hydrogens (tertiary/aromatic N) is 4. The zero-order valence-corrected chi connectivity index (χ0v) is 14.5. The van der Waals surface area contributed by atoms with Gasteiger partial charge in [0.05, 0.1) is 18.1 Å². The van der Waals surface area contributed by atoms with Crippen LogP contribution in [-0.4, -0.2) is 37.2 Å². The van der Waals surface area contributed by atoms with Gasteiger partial charge < -0.3 is 11.1 Å². The fourth-order valence-corrected chi connectivity index (χ4v) is 2.47. The predicted octanol–water partition coefficient (Wildman–Crippen LogP) is 1.72. The maximum absolute atomic E-state index is 13.4. The fraction of sp³-hybridized carbons (Fsp3) is 0.125. The summed E-state index contributed by atoms with van der Waals surface area (Å²) in [5, 5.41) is 16.3. The summed E-state index contributed by atoms with van der Waals surface area (Å²) in [5.74, 6) is -1.86. The number of hydrogen-bond acceptors (Lipinski definition) is 6. The van der Waals surface area contributed by atoms with E-state index in [0.29, 0.717) is 16.8 Å². The molecule has 0 aliphatic carbocycles. The van der Waals surface area contributed by atoms with Crippen molar-refractivity contribution in [1.82, 2.24) is 25.4 Å². The first kappa shape index (κ1) is 18.4. The monoisotopic (exact) mass is 389 g/mol. The molecule has 0 spiro atoms. The molecule has 2 amide bonds. The van der Waals surface area contributed by atoms with Gasteiger partial charge in [-0.25, -0.2) is 9.37 Å². The van der Waals surface area contributed by atoms with E-state index in [1.165, 1.54) is 24.7 Å². The minimum atomic E-state index is -0.769. The molecule has 0 saturated carbocycles. The van der Waals surface area contributed by atoms with Crippen LogP contribution in [0.1, 0.15) is 22.3 Å². The third kappa shape index (κ3) is 4.23. The molecule has 138 valence electrons. The van der Waals surface area contributed by atoms with E-state index in [0.717, 1.165) is 0 Å². The van der Waals surface area contributed by atoms with Crippen molar-refractivity contribution in [3.8, 4) is 11.3 Å². The number of nitrogens with two attached hydrogens (primary N) is 1. The minimum absolute atomic E-state index is 0.000256. The Balaban J connectivity index is 1.73. The second-order valence-corrected chi connectivity index (χ2v) is 5.84. The van der Waals surface area contributed by atoms with E-state index in [1.54, 1.807) is 6.07 Å². The van der Waals surface area contributed by atoms with Crippen molar-refractivity contribution in [1.29, 1.82) is 0 Å². The highest BCUT2D eigenvalue weighted by atomic mass is 35.5. The molecular formula is C16H13ClFN7O2. The topological polar surface area (TPSA) is 140 Å². The second kappa shape index (κ2) is 7.87. The van der Waals surface area contributed by atoms with Crippen LogP contribution < -0.4 is 11.1 Å². The molecule has 3 aromatic rings. The minimum Gasteiger partial charge on any atom is -0.365 e. The molecule has 9 nitrogen and oxygen atoms in total. The van der Waals surface area contributed by atoms with Gasteiger partial charge in [-0.1, -0.05) is 11.6 Å². The number of carbonyl (C=O) groups excluding carboxylic acids is 2. The van der Waals surface area contributed by atoms with Crippen LogP contribution in [0, 0.1) is 5.82 Å². The molecule has 3 heterocycles. The summed E-state index contributed by atoms with van der Waals surface area (Å²) in [6, 6.07) is 2.82. The number of pyridine rings is 1. The number of primary amides is 1. The number of hydrogen-bond donors (Lipinski definition) is 3. The Bertz CT molecular complexity index is 994. The Morgan fingerprint density at radius 1 is 1.30 bits per heavy atom. The van der Waals surface area contributed by atoms with Crippen LogP contribution in [-0.2, 0) is 11.2 Å². The second-order valence-electron chi connectivity index (χ2n) is 5.48. The lowest BCUT2D eigenvalue weighted by molar-refractivity contribution is -0.116. The van der Waals surface area contributed by atoms with Gasteiger partial charge in [-0.2, -0.15) is 15.3 Å². The highest BCUT2D eigenvalue weighted by molar-refractivity contribution is 6.29. The quantitative estimate of drug-likeness (QED) is 0.548. The number of anilines is 1. The molecule has 27 heavy (non-hydrogen) atoms. The van der Waals surface area contributed by atoms with Crippen molar-refractivity contribution in [3.63, 3.8) is 0 Å². The van der Waals surface area contributed by atoms with Gasteiger partial charge >= 0.3 is 0 Å². The van der Waals surface area contributed by atoms with Gasteiger partial charge in [-0.3, -0.25) is 14.7 Å². The molecule has 0 aliphatic heterocycles. The number of aromatic amines is 1. The molecular weight excluding hydrogens is 377 g/mol. The maximum Gasteiger partial charge on any atom is 0.254 e. The molecule has 4 N–H and O–H groups in total. The van der Waals surface area contributed by atoms with Crippen LogP contribution in [0.5, 0.6) is 0 Å². The van der Waals surface area contributed by atoms with Gasteiger partial charge in [0, 0.05) is 18.2 Å². The van der Waals surface area contributed by atoms with E-state index in [9.17, 15) is 14.0 Å². The van der Waals surface area contributed by atoms with Gasteiger partial charge in [-0.05, 0) is 24.1 Å². The molecule has 0 saturated heterocycles. The first-order valence-corrected chi connectivity index (χ1v) is 8.08. The van der Waals surface area contributed by atoms with E-state index >= 15 is 0 Å². The molecule has 0 aliphatic rings. The molecule has 0 fully saturated rings. The first-order valence-electron chi connectivity index (χ1n) is 7.70. The van der Waals surface area contributed by atoms with Gasteiger partial charge in [0.1, 0.15) is 5.56 Å². The van der Waals surface area contributed by atoms with Crippen LogP contribution >= 0.6 is 11.6 Å². The molecule has 0 radical (unpaired) electrons. The zero-order valence-electron chi connectivity index (χ0n) is 13.7. The largest absolute Gasteiger partial charge is 0.365 e. The summed E-state index contributed by atoms with van der Waals surface area (Å²) in [6.45, 7) is 0. The molecule has 0 aromatic carbocycles. The Kier molecular flexibility index (Phi) is 5.36. The van der Waals surface area contributed by atoms with Gasteiger partial charge in [-0.15, -0.1) is 0 Å². The molecule has 0 atom stereocenters. The van der Waals surface area contributed by atoms with Crippen molar-refractivity contribution < 1.29 is 14.0 Å². The highest BCUT2D eigenvalue weighted by Gasteiger charge is 2.21. The molecule has 0 unspecified atom stereocenters. The van der Waals surface area contributed by atoms with Crippen molar-refractivity contribution in [2.45, 2.75) is 12.8 Å².